The average molecular weight is 732 g/mol. The molecule has 4 aromatic heterocycles. The molecule has 0 unspecified atom stereocenters. The van der Waals surface area contributed by atoms with E-state index in [1.54, 1.807) is 0 Å². The van der Waals surface area contributed by atoms with Crippen LogP contribution in [-0.4, -0.2) is 24.1 Å². The number of benzene rings is 7. The molecule has 0 amide bonds. The molecule has 0 saturated heterocycles. The van der Waals surface area contributed by atoms with E-state index >= 15 is 0 Å². The molecule has 7 aromatic carbocycles. The summed E-state index contributed by atoms with van der Waals surface area (Å²) in [5.74, 6) is 1.86. The van der Waals surface area contributed by atoms with Gasteiger partial charge in [-0.1, -0.05) is 121 Å². The van der Waals surface area contributed by atoms with Gasteiger partial charge in [0.05, 0.1) is 38.5 Å². The second kappa shape index (κ2) is 12.5. The van der Waals surface area contributed by atoms with Crippen molar-refractivity contribution in [2.45, 2.75) is 12.8 Å². The number of hydrogen-bond acceptors (Lipinski definition) is 4. The minimum atomic E-state index is 0.607. The van der Waals surface area contributed by atoms with Gasteiger partial charge in [-0.3, -0.25) is 0 Å². The zero-order valence-corrected chi connectivity index (χ0v) is 30.8. The van der Waals surface area contributed by atoms with Crippen molar-refractivity contribution in [3.63, 3.8) is 0 Å². The predicted octanol–water partition coefficient (Wildman–Crippen LogP) is 13.2. The van der Waals surface area contributed by atoms with Crippen LogP contribution in [0.25, 0.3) is 111 Å². The van der Waals surface area contributed by atoms with E-state index in [0.717, 1.165) is 89.9 Å². The third-order valence-electron chi connectivity index (χ3n) is 11.4. The van der Waals surface area contributed by atoms with Crippen molar-refractivity contribution >= 4 is 71.2 Å². The molecule has 0 radical (unpaired) electrons. The van der Waals surface area contributed by atoms with Crippen LogP contribution < -0.4 is 0 Å². The van der Waals surface area contributed by atoms with E-state index in [0.29, 0.717) is 17.5 Å². The first-order chi connectivity index (χ1) is 28.3. The molecule has 0 spiro atoms. The first-order valence-electron chi connectivity index (χ1n) is 19.4. The lowest BCUT2D eigenvalue weighted by Crippen LogP contribution is -2.03. The van der Waals surface area contributed by atoms with Crippen molar-refractivity contribution in [1.29, 1.82) is 0 Å². The van der Waals surface area contributed by atoms with Crippen molar-refractivity contribution in [2.24, 2.45) is 0 Å². The molecule has 0 bridgehead atoms. The first-order valence-corrected chi connectivity index (χ1v) is 19.4. The lowest BCUT2D eigenvalue weighted by atomic mass is 10.1. The first kappa shape index (κ1) is 31.7. The maximum absolute atomic E-state index is 7.19. The highest BCUT2D eigenvalue weighted by molar-refractivity contribution is 6.29. The highest BCUT2D eigenvalue weighted by Gasteiger charge is 2.24. The lowest BCUT2D eigenvalue weighted by molar-refractivity contribution is 0.677. The third kappa shape index (κ3) is 4.80. The normalized spacial score (nSPS) is 13.2. The standard InChI is InChI=1S/C51H33N5O/c1-4-16-32(17-5-1)49-52-50(33-18-6-2-7-19-33)54-51(53-49)39-24-12-15-27-42(39)56-41-26-14-11-23-38(41)46-44(56)31-29-36-35-28-30-43-45(47(35)57-48(36)46)37-22-10-13-25-40(37)55(43)34-20-8-3-9-21-34/h1-2,4-8,10-31H,3,9H2. The Kier molecular flexibility index (Phi) is 6.95. The van der Waals surface area contributed by atoms with Gasteiger partial charge in [-0.2, -0.15) is 0 Å². The molecule has 0 N–H and O–H groups in total. The van der Waals surface area contributed by atoms with E-state index in [9.17, 15) is 0 Å². The van der Waals surface area contributed by atoms with Gasteiger partial charge in [0.25, 0.3) is 0 Å². The SMILES string of the molecule is C1=CC(n2c3ccccc3c3c4oc5c(ccc6c5c5ccccc5n6-c5ccccc5-c5nc(-c6ccccc6)nc(-c6ccccc6)n5)c4ccc32)=CCC1. The monoisotopic (exact) mass is 731 g/mol. The summed E-state index contributed by atoms with van der Waals surface area (Å²) in [6, 6.07) is 54.9. The minimum Gasteiger partial charge on any atom is -0.455 e. The number of aromatic nitrogens is 5. The van der Waals surface area contributed by atoms with E-state index in [2.05, 4.69) is 124 Å². The van der Waals surface area contributed by atoms with Gasteiger partial charge in [0.2, 0.25) is 0 Å². The second-order valence-corrected chi connectivity index (χ2v) is 14.6. The molecule has 11 aromatic rings. The smallest absolute Gasteiger partial charge is 0.166 e. The molecule has 0 fully saturated rings. The number of nitrogens with zero attached hydrogens (tertiary/aromatic N) is 5. The summed E-state index contributed by atoms with van der Waals surface area (Å²) in [4.78, 5) is 15.2. The molecule has 1 aliphatic carbocycles. The van der Waals surface area contributed by atoms with Crippen molar-refractivity contribution in [3.8, 4) is 39.9 Å². The van der Waals surface area contributed by atoms with Gasteiger partial charge < -0.3 is 13.6 Å². The van der Waals surface area contributed by atoms with Crippen LogP contribution in [0.4, 0.5) is 0 Å². The minimum absolute atomic E-state index is 0.607. The fourth-order valence-corrected chi connectivity index (χ4v) is 8.89. The average Bonchev–Trinajstić information content (AvgIpc) is 3.95. The van der Waals surface area contributed by atoms with Crippen molar-refractivity contribution in [2.75, 3.05) is 0 Å². The van der Waals surface area contributed by atoms with E-state index in [4.69, 9.17) is 19.4 Å². The molecule has 57 heavy (non-hydrogen) atoms. The van der Waals surface area contributed by atoms with Crippen LogP contribution in [0.1, 0.15) is 12.8 Å². The van der Waals surface area contributed by atoms with Crippen molar-refractivity contribution in [3.05, 3.63) is 176 Å². The molecule has 0 aliphatic heterocycles. The molecule has 6 nitrogen and oxygen atoms in total. The molecule has 12 rings (SSSR count). The highest BCUT2D eigenvalue weighted by Crippen LogP contribution is 2.45. The Morgan fingerprint density at radius 1 is 0.421 bits per heavy atom. The molecule has 0 saturated carbocycles. The zero-order chi connectivity index (χ0) is 37.5. The maximum Gasteiger partial charge on any atom is 0.166 e. The summed E-state index contributed by atoms with van der Waals surface area (Å²) in [6.07, 6.45) is 8.96. The van der Waals surface area contributed by atoms with Gasteiger partial charge in [-0.05, 0) is 67.4 Å². The number of rotatable bonds is 5. The van der Waals surface area contributed by atoms with Gasteiger partial charge in [-0.25, -0.2) is 15.0 Å². The number of furan rings is 1. The van der Waals surface area contributed by atoms with Crippen LogP contribution in [-0.2, 0) is 0 Å². The predicted molar refractivity (Wildman–Crippen MR) is 233 cm³/mol. The molecule has 1 aliphatic rings. The quantitative estimate of drug-likeness (QED) is 0.177. The lowest BCUT2D eigenvalue weighted by Gasteiger charge is -2.14. The molecular weight excluding hydrogens is 699 g/mol. The van der Waals surface area contributed by atoms with E-state index in [1.165, 1.54) is 16.6 Å². The van der Waals surface area contributed by atoms with Crippen LogP contribution in [0.5, 0.6) is 0 Å². The van der Waals surface area contributed by atoms with E-state index in [1.807, 2.05) is 60.7 Å². The maximum atomic E-state index is 7.19. The summed E-state index contributed by atoms with van der Waals surface area (Å²) in [6.45, 7) is 0. The highest BCUT2D eigenvalue weighted by atomic mass is 16.3. The molecule has 4 heterocycles. The Bertz CT molecular complexity index is 3400. The summed E-state index contributed by atoms with van der Waals surface area (Å²) >= 11 is 0. The summed E-state index contributed by atoms with van der Waals surface area (Å²) in [5.41, 5.74) is 11.2. The number of allylic oxidation sites excluding steroid dienone is 4. The second-order valence-electron chi connectivity index (χ2n) is 14.6. The third-order valence-corrected chi connectivity index (χ3v) is 11.4. The Hall–Kier alpha value is -7.57. The van der Waals surface area contributed by atoms with E-state index in [-0.39, 0.29) is 0 Å². The topological polar surface area (TPSA) is 61.7 Å². The summed E-state index contributed by atoms with van der Waals surface area (Å²) < 4.78 is 11.9. The van der Waals surface area contributed by atoms with E-state index < -0.39 is 0 Å². The number of fused-ring (bicyclic) bond motifs is 11. The van der Waals surface area contributed by atoms with Crippen molar-refractivity contribution < 1.29 is 4.42 Å². The van der Waals surface area contributed by atoms with Gasteiger partial charge in [0.15, 0.2) is 17.5 Å². The largest absolute Gasteiger partial charge is 0.455 e. The van der Waals surface area contributed by atoms with Crippen molar-refractivity contribution in [1.82, 2.24) is 24.1 Å². The van der Waals surface area contributed by atoms with Crippen LogP contribution in [0.3, 0.4) is 0 Å². The van der Waals surface area contributed by atoms with Crippen LogP contribution >= 0.6 is 0 Å². The van der Waals surface area contributed by atoms with Gasteiger partial charge in [-0.15, -0.1) is 0 Å². The van der Waals surface area contributed by atoms with Crippen LogP contribution in [0.15, 0.2) is 180 Å². The Morgan fingerprint density at radius 3 is 1.56 bits per heavy atom. The van der Waals surface area contributed by atoms with Crippen LogP contribution in [0.2, 0.25) is 0 Å². The molecular formula is C51H33N5O. The Labute approximate surface area is 327 Å². The van der Waals surface area contributed by atoms with Crippen LogP contribution in [0, 0.1) is 0 Å². The fourth-order valence-electron chi connectivity index (χ4n) is 8.89. The van der Waals surface area contributed by atoms with Gasteiger partial charge in [0, 0.05) is 43.9 Å². The summed E-state index contributed by atoms with van der Waals surface area (Å²) in [5, 5.41) is 6.73. The number of hydrogen-bond donors (Lipinski definition) is 0. The zero-order valence-electron chi connectivity index (χ0n) is 30.8. The van der Waals surface area contributed by atoms with Gasteiger partial charge >= 0.3 is 0 Å². The summed E-state index contributed by atoms with van der Waals surface area (Å²) in [7, 11) is 0. The molecule has 268 valence electrons. The molecule has 6 heteroatoms. The number of para-hydroxylation sites is 3. The fraction of sp³-hybridized carbons (Fsp3) is 0.0392. The Morgan fingerprint density at radius 2 is 0.947 bits per heavy atom. The molecule has 0 atom stereocenters. The Balaban J connectivity index is 1.13. The van der Waals surface area contributed by atoms with Gasteiger partial charge in [0.1, 0.15) is 11.2 Å².